The third-order valence-corrected chi connectivity index (χ3v) is 7.27. The molecule has 228 valence electrons. The molecule has 1 saturated heterocycles. The number of benzene rings is 2. The number of nitrogens with one attached hydrogen (secondary N) is 3. The van der Waals surface area contributed by atoms with Gasteiger partial charge in [-0.15, -0.1) is 5.06 Å². The second-order valence-electron chi connectivity index (χ2n) is 10.4. The SMILES string of the molecule is O=C(CC(CNC(=O)c1ccc2c(c1)B(O)OC2)NC(=O)c1ccc2c(c1)B(O)OC2)NCCC(=O)ON1C(=O)CCC1=O. The monoisotopic (exact) mass is 606 g/mol. The molecule has 0 saturated carbocycles. The minimum atomic E-state index is -1.16. The molecule has 17 heteroatoms. The third kappa shape index (κ3) is 7.14. The summed E-state index contributed by atoms with van der Waals surface area (Å²) in [5, 5.41) is 28.3. The van der Waals surface area contributed by atoms with Gasteiger partial charge in [-0.2, -0.15) is 0 Å². The molecular formula is C27H28B2N4O11. The molecule has 3 heterocycles. The summed E-state index contributed by atoms with van der Waals surface area (Å²) in [6.07, 6.45) is -0.716. The first-order chi connectivity index (χ1) is 21.1. The predicted octanol–water partition coefficient (Wildman–Crippen LogP) is -2.85. The molecule has 5 rings (SSSR count). The maximum Gasteiger partial charge on any atom is 0.491 e. The molecule has 0 radical (unpaired) electrons. The van der Waals surface area contributed by atoms with Gasteiger partial charge in [0.2, 0.25) is 5.91 Å². The number of hydrogen-bond acceptors (Lipinski definition) is 11. The number of nitrogens with zero attached hydrogens (tertiary/aromatic N) is 1. The molecule has 2 aromatic rings. The first kappa shape index (κ1) is 30.9. The topological polar surface area (TPSA) is 210 Å². The molecule has 1 fully saturated rings. The minimum absolute atomic E-state index is 0.0465. The molecule has 2 aromatic carbocycles. The zero-order valence-electron chi connectivity index (χ0n) is 23.4. The van der Waals surface area contributed by atoms with Crippen molar-refractivity contribution in [3.63, 3.8) is 0 Å². The van der Waals surface area contributed by atoms with Gasteiger partial charge in [-0.1, -0.05) is 12.1 Å². The van der Waals surface area contributed by atoms with E-state index in [9.17, 15) is 38.8 Å². The first-order valence-electron chi connectivity index (χ1n) is 13.9. The Bertz CT molecular complexity index is 1500. The summed E-state index contributed by atoms with van der Waals surface area (Å²) in [7, 11) is -2.30. The molecule has 5 amide bonds. The van der Waals surface area contributed by atoms with E-state index < -0.39 is 55.8 Å². The van der Waals surface area contributed by atoms with Gasteiger partial charge in [0, 0.05) is 43.5 Å². The zero-order chi connectivity index (χ0) is 31.4. The van der Waals surface area contributed by atoms with Crippen LogP contribution in [0.4, 0.5) is 0 Å². The number of fused-ring (bicyclic) bond motifs is 2. The smallest absolute Gasteiger partial charge is 0.423 e. The standard InChI is InChI=1S/C27H28B2N4O11/c34-22(30-8-7-25(37)44-33-23(35)5-6-24(33)36)11-19(32-27(39)16-2-4-18-14-43-29(41)21(18)10-16)12-31-26(38)15-1-3-17-13-42-28(40)20(17)9-15/h1-4,9-10,19,40-41H,5-8,11-14H2,(H,30,34)(H,31,38)(H,32,39). The van der Waals surface area contributed by atoms with Gasteiger partial charge in [-0.05, 0) is 46.3 Å². The van der Waals surface area contributed by atoms with Crippen LogP contribution in [0.15, 0.2) is 36.4 Å². The van der Waals surface area contributed by atoms with Crippen molar-refractivity contribution in [2.45, 2.75) is 44.9 Å². The van der Waals surface area contributed by atoms with Gasteiger partial charge in [0.25, 0.3) is 23.6 Å². The van der Waals surface area contributed by atoms with Crippen molar-refractivity contribution in [2.24, 2.45) is 0 Å². The summed E-state index contributed by atoms with van der Waals surface area (Å²) in [6, 6.07) is 8.51. The highest BCUT2D eigenvalue weighted by Crippen LogP contribution is 2.14. The predicted molar refractivity (Wildman–Crippen MR) is 151 cm³/mol. The second kappa shape index (κ2) is 13.4. The quantitative estimate of drug-likeness (QED) is 0.130. The Hall–Kier alpha value is -4.57. The number of carbonyl (C=O) groups excluding carboxylic acids is 6. The molecule has 3 aliphatic rings. The normalized spacial score (nSPS) is 16.0. The highest BCUT2D eigenvalue weighted by molar-refractivity contribution is 6.62. The first-order valence-corrected chi connectivity index (χ1v) is 13.9. The Balaban J connectivity index is 1.19. The van der Waals surface area contributed by atoms with Crippen LogP contribution in [0, 0.1) is 0 Å². The fraction of sp³-hybridized carbons (Fsp3) is 0.333. The van der Waals surface area contributed by atoms with E-state index >= 15 is 0 Å². The number of carbonyl (C=O) groups is 6. The van der Waals surface area contributed by atoms with Crippen molar-refractivity contribution >= 4 is 60.7 Å². The summed E-state index contributed by atoms with van der Waals surface area (Å²) in [5.74, 6) is -3.79. The fourth-order valence-corrected chi connectivity index (χ4v) is 4.88. The number of hydroxylamine groups is 2. The molecule has 1 unspecified atom stereocenters. The van der Waals surface area contributed by atoms with Crippen LogP contribution in [0.5, 0.6) is 0 Å². The van der Waals surface area contributed by atoms with Gasteiger partial charge in [0.1, 0.15) is 0 Å². The average Bonchev–Trinajstić information content (AvgIpc) is 3.67. The lowest BCUT2D eigenvalue weighted by molar-refractivity contribution is -0.197. The Morgan fingerprint density at radius 1 is 0.864 bits per heavy atom. The van der Waals surface area contributed by atoms with E-state index in [-0.39, 0.29) is 63.1 Å². The van der Waals surface area contributed by atoms with E-state index in [0.29, 0.717) is 16.0 Å². The van der Waals surface area contributed by atoms with Crippen LogP contribution in [-0.4, -0.2) is 84.0 Å². The Kier molecular flexibility index (Phi) is 9.39. The number of hydrogen-bond donors (Lipinski definition) is 5. The van der Waals surface area contributed by atoms with E-state index in [1.165, 1.54) is 12.1 Å². The number of rotatable bonds is 11. The maximum absolute atomic E-state index is 13.1. The summed E-state index contributed by atoms with van der Waals surface area (Å²) >= 11 is 0. The molecule has 0 aliphatic carbocycles. The molecule has 15 nitrogen and oxygen atoms in total. The number of imide groups is 1. The maximum atomic E-state index is 13.1. The third-order valence-electron chi connectivity index (χ3n) is 7.27. The van der Waals surface area contributed by atoms with Crippen LogP contribution in [0.1, 0.15) is 57.5 Å². The minimum Gasteiger partial charge on any atom is -0.423 e. The Morgan fingerprint density at radius 2 is 1.43 bits per heavy atom. The number of amides is 5. The van der Waals surface area contributed by atoms with Gasteiger partial charge in [-0.3, -0.25) is 24.0 Å². The molecule has 44 heavy (non-hydrogen) atoms. The van der Waals surface area contributed by atoms with Crippen LogP contribution < -0.4 is 26.9 Å². The molecular weight excluding hydrogens is 578 g/mol. The van der Waals surface area contributed by atoms with Crippen molar-refractivity contribution < 1.29 is 53.0 Å². The lowest BCUT2D eigenvalue weighted by Gasteiger charge is -2.20. The summed E-state index contributed by atoms with van der Waals surface area (Å²) < 4.78 is 10.3. The summed E-state index contributed by atoms with van der Waals surface area (Å²) in [4.78, 5) is 78.8. The van der Waals surface area contributed by atoms with Gasteiger partial charge in [-0.25, -0.2) is 4.79 Å². The van der Waals surface area contributed by atoms with Gasteiger partial charge in [0.05, 0.1) is 25.7 Å². The highest BCUT2D eigenvalue weighted by atomic mass is 16.7. The highest BCUT2D eigenvalue weighted by Gasteiger charge is 2.33. The Labute approximate surface area is 251 Å². The van der Waals surface area contributed by atoms with Crippen molar-refractivity contribution in [3.05, 3.63) is 58.7 Å². The summed E-state index contributed by atoms with van der Waals surface area (Å²) in [6.45, 7) is 0.0894. The lowest BCUT2D eigenvalue weighted by atomic mass is 9.78. The van der Waals surface area contributed by atoms with E-state index in [2.05, 4.69) is 16.0 Å². The van der Waals surface area contributed by atoms with E-state index in [1.807, 2.05) is 0 Å². The molecule has 0 spiro atoms. The average molecular weight is 606 g/mol. The van der Waals surface area contributed by atoms with Crippen molar-refractivity contribution in [1.29, 1.82) is 0 Å². The lowest BCUT2D eigenvalue weighted by Crippen LogP contribution is -2.46. The van der Waals surface area contributed by atoms with E-state index in [0.717, 1.165) is 11.1 Å². The fourth-order valence-electron chi connectivity index (χ4n) is 4.88. The van der Waals surface area contributed by atoms with E-state index in [4.69, 9.17) is 14.1 Å². The van der Waals surface area contributed by atoms with Crippen LogP contribution in [-0.2, 0) is 46.5 Å². The van der Waals surface area contributed by atoms with Crippen LogP contribution in [0.2, 0.25) is 0 Å². The van der Waals surface area contributed by atoms with Crippen molar-refractivity contribution in [2.75, 3.05) is 13.1 Å². The zero-order valence-corrected chi connectivity index (χ0v) is 23.4. The molecule has 0 aromatic heterocycles. The molecule has 1 atom stereocenters. The van der Waals surface area contributed by atoms with Crippen LogP contribution >= 0.6 is 0 Å². The van der Waals surface area contributed by atoms with E-state index in [1.54, 1.807) is 24.3 Å². The second-order valence-corrected chi connectivity index (χ2v) is 10.4. The van der Waals surface area contributed by atoms with Crippen molar-refractivity contribution in [3.8, 4) is 0 Å². The van der Waals surface area contributed by atoms with Gasteiger partial charge in [0.15, 0.2) is 0 Å². The molecule has 5 N–H and O–H groups in total. The molecule has 0 bridgehead atoms. The Morgan fingerprint density at radius 3 is 2.02 bits per heavy atom. The van der Waals surface area contributed by atoms with Crippen LogP contribution in [0.25, 0.3) is 0 Å². The largest absolute Gasteiger partial charge is 0.491 e. The van der Waals surface area contributed by atoms with Gasteiger partial charge < -0.3 is 40.1 Å². The van der Waals surface area contributed by atoms with Crippen LogP contribution in [0.3, 0.4) is 0 Å². The van der Waals surface area contributed by atoms with Gasteiger partial charge >= 0.3 is 20.2 Å². The van der Waals surface area contributed by atoms with Crippen molar-refractivity contribution in [1.82, 2.24) is 21.0 Å². The molecule has 3 aliphatic heterocycles. The summed E-state index contributed by atoms with van der Waals surface area (Å²) in [5.41, 5.74) is 2.85.